The average Bonchev–Trinajstić information content (AvgIpc) is 2.61. The smallest absolute Gasteiger partial charge is 0.125 e. The standard InChI is InChI=1S/C11H9FN2S/c1-11(2,6-13)10-14-8-5-7(12)3-4-9(8)15-10/h3-5H,1-2H3. The molecule has 0 unspecified atom stereocenters. The van der Waals surface area contributed by atoms with Crippen molar-refractivity contribution in [1.29, 1.82) is 5.26 Å². The third kappa shape index (κ3) is 1.71. The summed E-state index contributed by atoms with van der Waals surface area (Å²) in [5.41, 5.74) is 0.0125. The second-order valence-electron chi connectivity index (χ2n) is 3.87. The Bertz CT molecular complexity index is 551. The minimum atomic E-state index is -0.611. The molecule has 0 N–H and O–H groups in total. The fourth-order valence-corrected chi connectivity index (χ4v) is 2.21. The van der Waals surface area contributed by atoms with Crippen LogP contribution in [0.2, 0.25) is 0 Å². The van der Waals surface area contributed by atoms with Crippen LogP contribution in [-0.2, 0) is 5.41 Å². The molecule has 1 heterocycles. The van der Waals surface area contributed by atoms with Gasteiger partial charge in [-0.15, -0.1) is 11.3 Å². The lowest BCUT2D eigenvalue weighted by Gasteiger charge is -2.09. The zero-order chi connectivity index (χ0) is 11.1. The maximum Gasteiger partial charge on any atom is 0.125 e. The van der Waals surface area contributed by atoms with E-state index in [1.807, 2.05) is 0 Å². The summed E-state index contributed by atoms with van der Waals surface area (Å²) in [7, 11) is 0. The van der Waals surface area contributed by atoms with Gasteiger partial charge in [0.1, 0.15) is 16.2 Å². The second-order valence-corrected chi connectivity index (χ2v) is 4.90. The first-order valence-corrected chi connectivity index (χ1v) is 5.32. The van der Waals surface area contributed by atoms with Crippen LogP contribution in [0.3, 0.4) is 0 Å². The highest BCUT2D eigenvalue weighted by Gasteiger charge is 2.24. The topological polar surface area (TPSA) is 36.7 Å². The second kappa shape index (κ2) is 3.28. The molecule has 0 aliphatic heterocycles. The molecule has 2 rings (SSSR count). The molecular formula is C11H9FN2S. The van der Waals surface area contributed by atoms with Gasteiger partial charge < -0.3 is 0 Å². The van der Waals surface area contributed by atoms with Crippen LogP contribution < -0.4 is 0 Å². The highest BCUT2D eigenvalue weighted by molar-refractivity contribution is 7.18. The quantitative estimate of drug-likeness (QED) is 0.739. The maximum absolute atomic E-state index is 12.9. The van der Waals surface area contributed by atoms with Gasteiger partial charge in [0.25, 0.3) is 0 Å². The maximum atomic E-state index is 12.9. The molecule has 4 heteroatoms. The number of nitrogens with zero attached hydrogens (tertiary/aromatic N) is 2. The van der Waals surface area contributed by atoms with Gasteiger partial charge in [-0.3, -0.25) is 0 Å². The summed E-state index contributed by atoms with van der Waals surface area (Å²) in [4.78, 5) is 4.27. The van der Waals surface area contributed by atoms with E-state index >= 15 is 0 Å². The molecule has 0 radical (unpaired) electrons. The van der Waals surface area contributed by atoms with E-state index in [-0.39, 0.29) is 5.82 Å². The van der Waals surface area contributed by atoms with Gasteiger partial charge in [0.15, 0.2) is 0 Å². The van der Waals surface area contributed by atoms with Gasteiger partial charge in [0.05, 0.1) is 16.3 Å². The van der Waals surface area contributed by atoms with E-state index in [4.69, 9.17) is 5.26 Å². The summed E-state index contributed by atoms with van der Waals surface area (Å²) in [6.45, 7) is 3.61. The first-order chi connectivity index (χ1) is 7.03. The minimum Gasteiger partial charge on any atom is -0.239 e. The predicted octanol–water partition coefficient (Wildman–Crippen LogP) is 3.24. The summed E-state index contributed by atoms with van der Waals surface area (Å²) < 4.78 is 13.8. The van der Waals surface area contributed by atoms with E-state index < -0.39 is 5.41 Å². The minimum absolute atomic E-state index is 0.297. The van der Waals surface area contributed by atoms with Crippen LogP contribution in [0.5, 0.6) is 0 Å². The highest BCUT2D eigenvalue weighted by atomic mass is 32.1. The molecule has 0 saturated carbocycles. The van der Waals surface area contributed by atoms with Crippen molar-refractivity contribution in [1.82, 2.24) is 4.98 Å². The number of thiazole rings is 1. The van der Waals surface area contributed by atoms with Gasteiger partial charge in [-0.25, -0.2) is 9.37 Å². The molecule has 0 saturated heterocycles. The van der Waals surface area contributed by atoms with Crippen molar-refractivity contribution in [2.75, 3.05) is 0 Å². The van der Waals surface area contributed by atoms with Crippen LogP contribution in [0.1, 0.15) is 18.9 Å². The van der Waals surface area contributed by atoms with Gasteiger partial charge in [-0.2, -0.15) is 5.26 Å². The Morgan fingerprint density at radius 2 is 2.20 bits per heavy atom. The fourth-order valence-electron chi connectivity index (χ4n) is 1.22. The number of hydrogen-bond donors (Lipinski definition) is 0. The van der Waals surface area contributed by atoms with Gasteiger partial charge >= 0.3 is 0 Å². The zero-order valence-electron chi connectivity index (χ0n) is 8.41. The average molecular weight is 220 g/mol. The number of benzene rings is 1. The van der Waals surface area contributed by atoms with E-state index in [0.717, 1.165) is 9.71 Å². The third-order valence-electron chi connectivity index (χ3n) is 2.16. The van der Waals surface area contributed by atoms with Gasteiger partial charge in [0.2, 0.25) is 0 Å². The van der Waals surface area contributed by atoms with E-state index in [2.05, 4.69) is 11.1 Å². The van der Waals surface area contributed by atoms with Crippen molar-refractivity contribution in [2.45, 2.75) is 19.3 Å². The number of nitriles is 1. The first kappa shape index (κ1) is 10.1. The number of halogens is 1. The Labute approximate surface area is 91.0 Å². The molecule has 0 amide bonds. The molecule has 0 aliphatic rings. The van der Waals surface area contributed by atoms with E-state index in [1.165, 1.54) is 23.5 Å². The summed E-state index contributed by atoms with van der Waals surface area (Å²) in [6.07, 6.45) is 0. The van der Waals surface area contributed by atoms with Gasteiger partial charge in [0, 0.05) is 6.07 Å². The fraction of sp³-hybridized carbons (Fsp3) is 0.273. The van der Waals surface area contributed by atoms with Gasteiger partial charge in [-0.05, 0) is 26.0 Å². The molecule has 0 aliphatic carbocycles. The molecule has 0 bridgehead atoms. The summed E-state index contributed by atoms with van der Waals surface area (Å²) in [6, 6.07) is 6.68. The molecule has 15 heavy (non-hydrogen) atoms. The SMILES string of the molecule is CC(C)(C#N)c1nc2cc(F)ccc2s1. The monoisotopic (exact) mass is 220 g/mol. The van der Waals surface area contributed by atoms with E-state index in [1.54, 1.807) is 19.9 Å². The first-order valence-electron chi connectivity index (χ1n) is 4.51. The normalized spacial score (nSPS) is 11.6. The molecule has 0 fully saturated rings. The Morgan fingerprint density at radius 1 is 1.47 bits per heavy atom. The molecule has 2 aromatic rings. The lowest BCUT2D eigenvalue weighted by molar-refractivity contribution is 0.629. The van der Waals surface area contributed by atoms with Crippen LogP contribution in [0, 0.1) is 17.1 Å². The summed E-state index contributed by atoms with van der Waals surface area (Å²) in [5, 5.41) is 9.70. The number of hydrogen-bond acceptors (Lipinski definition) is 3. The lowest BCUT2D eigenvalue weighted by Crippen LogP contribution is -2.12. The number of rotatable bonds is 1. The van der Waals surface area contributed by atoms with Crippen molar-refractivity contribution in [3.05, 3.63) is 29.0 Å². The number of aromatic nitrogens is 1. The molecule has 0 atom stereocenters. The molecular weight excluding hydrogens is 211 g/mol. The van der Waals surface area contributed by atoms with Crippen molar-refractivity contribution >= 4 is 21.6 Å². The Balaban J connectivity index is 2.63. The lowest BCUT2D eigenvalue weighted by atomic mass is 9.97. The molecule has 0 spiro atoms. The largest absolute Gasteiger partial charge is 0.239 e. The summed E-state index contributed by atoms with van der Waals surface area (Å²) in [5.74, 6) is -0.297. The van der Waals surface area contributed by atoms with Crippen molar-refractivity contribution in [2.24, 2.45) is 0 Å². The Hall–Kier alpha value is -1.47. The summed E-state index contributed by atoms with van der Waals surface area (Å²) >= 11 is 1.44. The van der Waals surface area contributed by atoms with Crippen molar-refractivity contribution < 1.29 is 4.39 Å². The Kier molecular flexibility index (Phi) is 2.20. The van der Waals surface area contributed by atoms with Crippen LogP contribution in [0.25, 0.3) is 10.2 Å². The van der Waals surface area contributed by atoms with E-state index in [9.17, 15) is 4.39 Å². The van der Waals surface area contributed by atoms with Gasteiger partial charge in [-0.1, -0.05) is 0 Å². The molecule has 1 aromatic carbocycles. The molecule has 76 valence electrons. The highest BCUT2D eigenvalue weighted by Crippen LogP contribution is 2.31. The zero-order valence-corrected chi connectivity index (χ0v) is 9.23. The van der Waals surface area contributed by atoms with Crippen molar-refractivity contribution in [3.8, 4) is 6.07 Å². The molecule has 2 nitrogen and oxygen atoms in total. The molecule has 1 aromatic heterocycles. The van der Waals surface area contributed by atoms with Crippen LogP contribution in [0.15, 0.2) is 18.2 Å². The van der Waals surface area contributed by atoms with Crippen LogP contribution >= 0.6 is 11.3 Å². The van der Waals surface area contributed by atoms with Crippen LogP contribution in [0.4, 0.5) is 4.39 Å². The number of fused-ring (bicyclic) bond motifs is 1. The third-order valence-corrected chi connectivity index (χ3v) is 3.52. The van der Waals surface area contributed by atoms with Crippen molar-refractivity contribution in [3.63, 3.8) is 0 Å². The van der Waals surface area contributed by atoms with Crippen LogP contribution in [-0.4, -0.2) is 4.98 Å². The Morgan fingerprint density at radius 3 is 2.87 bits per heavy atom. The predicted molar refractivity (Wildman–Crippen MR) is 58.2 cm³/mol. The van der Waals surface area contributed by atoms with E-state index in [0.29, 0.717) is 5.52 Å².